The van der Waals surface area contributed by atoms with Crippen LogP contribution in [0.15, 0.2) is 52.7 Å². The zero-order valence-corrected chi connectivity index (χ0v) is 12.5. The number of thiophene rings is 1. The molecule has 108 valence electrons. The number of benzene rings is 2. The summed E-state index contributed by atoms with van der Waals surface area (Å²) in [5, 5.41) is 11.4. The molecular weight excluding hydrogens is 306 g/mol. The van der Waals surface area contributed by atoms with Crippen molar-refractivity contribution in [3.05, 3.63) is 47.8 Å². The Morgan fingerprint density at radius 3 is 2.67 bits per heavy atom. The topological polar surface area (TPSA) is 98.2 Å². The maximum absolute atomic E-state index is 11.5. The van der Waals surface area contributed by atoms with Crippen LogP contribution in [0.25, 0.3) is 10.1 Å². The molecule has 0 bridgehead atoms. The van der Waals surface area contributed by atoms with Gasteiger partial charge in [-0.25, -0.2) is 13.6 Å². The number of hydrogen-bond acceptors (Lipinski definition) is 5. The molecule has 0 aliphatic heterocycles. The van der Waals surface area contributed by atoms with E-state index in [9.17, 15) is 8.42 Å². The minimum Gasteiger partial charge on any atom is -0.396 e. The number of nitrogen functional groups attached to an aromatic ring is 1. The van der Waals surface area contributed by atoms with Gasteiger partial charge in [-0.15, -0.1) is 11.3 Å². The largest absolute Gasteiger partial charge is 0.396 e. The number of anilines is 3. The summed E-state index contributed by atoms with van der Waals surface area (Å²) in [5.74, 6) is 0. The number of para-hydroxylation sites is 1. The maximum atomic E-state index is 11.5. The molecule has 0 aliphatic carbocycles. The predicted molar refractivity (Wildman–Crippen MR) is 87.3 cm³/mol. The molecule has 0 unspecified atom stereocenters. The lowest BCUT2D eigenvalue weighted by molar-refractivity contribution is 0.598. The van der Waals surface area contributed by atoms with E-state index in [4.69, 9.17) is 10.9 Å². The Labute approximate surface area is 126 Å². The first-order valence-electron chi connectivity index (χ1n) is 6.11. The fraction of sp³-hybridized carbons (Fsp3) is 0. The Morgan fingerprint density at radius 2 is 1.90 bits per heavy atom. The van der Waals surface area contributed by atoms with Gasteiger partial charge in [0.2, 0.25) is 10.0 Å². The lowest BCUT2D eigenvalue weighted by atomic mass is 10.2. The molecule has 1 aromatic heterocycles. The van der Waals surface area contributed by atoms with Crippen LogP contribution in [0.2, 0.25) is 0 Å². The number of hydrogen-bond donors (Lipinski definition) is 3. The number of primary sulfonamides is 1. The van der Waals surface area contributed by atoms with Crippen molar-refractivity contribution in [2.45, 2.75) is 4.90 Å². The number of nitrogens with one attached hydrogen (secondary N) is 1. The molecule has 0 atom stereocenters. The van der Waals surface area contributed by atoms with Crippen LogP contribution in [-0.4, -0.2) is 8.42 Å². The van der Waals surface area contributed by atoms with Crippen molar-refractivity contribution >= 4 is 48.5 Å². The average Bonchev–Trinajstić information content (AvgIpc) is 2.87. The quantitative estimate of drug-likeness (QED) is 0.646. The normalized spacial score (nSPS) is 11.7. The molecule has 7 heteroatoms. The van der Waals surface area contributed by atoms with Gasteiger partial charge in [0.25, 0.3) is 0 Å². The molecule has 21 heavy (non-hydrogen) atoms. The third-order valence-corrected chi connectivity index (χ3v) is 4.97. The molecule has 0 radical (unpaired) electrons. The van der Waals surface area contributed by atoms with Crippen molar-refractivity contribution in [3.8, 4) is 0 Å². The molecular formula is C14H13N3O2S2. The Balaban J connectivity index is 2.01. The van der Waals surface area contributed by atoms with E-state index in [1.807, 2.05) is 29.6 Å². The molecule has 5 nitrogen and oxygen atoms in total. The van der Waals surface area contributed by atoms with Crippen LogP contribution in [0, 0.1) is 0 Å². The summed E-state index contributed by atoms with van der Waals surface area (Å²) in [4.78, 5) is -0.0795. The molecule has 3 aromatic rings. The van der Waals surface area contributed by atoms with E-state index in [2.05, 4.69) is 5.32 Å². The summed E-state index contributed by atoms with van der Waals surface area (Å²) < 4.78 is 24.1. The van der Waals surface area contributed by atoms with E-state index >= 15 is 0 Å². The van der Waals surface area contributed by atoms with Crippen LogP contribution in [-0.2, 0) is 10.0 Å². The van der Waals surface area contributed by atoms with Gasteiger partial charge in [-0.05, 0) is 47.2 Å². The van der Waals surface area contributed by atoms with Crippen molar-refractivity contribution in [1.82, 2.24) is 0 Å². The number of fused-ring (bicyclic) bond motifs is 1. The van der Waals surface area contributed by atoms with Crippen LogP contribution in [0.4, 0.5) is 17.1 Å². The van der Waals surface area contributed by atoms with Crippen molar-refractivity contribution in [2.75, 3.05) is 11.1 Å². The fourth-order valence-electron chi connectivity index (χ4n) is 2.10. The highest BCUT2D eigenvalue weighted by atomic mass is 32.2. The van der Waals surface area contributed by atoms with Gasteiger partial charge in [0, 0.05) is 10.4 Å². The molecule has 0 saturated carbocycles. The zero-order chi connectivity index (χ0) is 15.0. The Hall–Kier alpha value is -2.09. The fourth-order valence-corrected chi connectivity index (χ4v) is 3.56. The summed E-state index contributed by atoms with van der Waals surface area (Å²) in [5.41, 5.74) is 7.35. The molecule has 0 amide bonds. The Bertz CT molecular complexity index is 917. The lowest BCUT2D eigenvalue weighted by Crippen LogP contribution is -2.15. The van der Waals surface area contributed by atoms with Crippen molar-refractivity contribution in [3.63, 3.8) is 0 Å². The van der Waals surface area contributed by atoms with Crippen molar-refractivity contribution < 1.29 is 8.42 Å². The molecule has 0 aliphatic rings. The zero-order valence-electron chi connectivity index (χ0n) is 10.9. The highest BCUT2D eigenvalue weighted by molar-refractivity contribution is 7.89. The van der Waals surface area contributed by atoms with E-state index < -0.39 is 10.0 Å². The SMILES string of the molecule is Nc1c(Nc2ccc3sccc3c2)cccc1S(N)(=O)=O. The van der Waals surface area contributed by atoms with Gasteiger partial charge in [0.1, 0.15) is 4.90 Å². The van der Waals surface area contributed by atoms with Crippen LogP contribution in [0.3, 0.4) is 0 Å². The van der Waals surface area contributed by atoms with Gasteiger partial charge in [-0.3, -0.25) is 0 Å². The Kier molecular flexibility index (Phi) is 3.32. The summed E-state index contributed by atoms with van der Waals surface area (Å²) in [6.45, 7) is 0. The smallest absolute Gasteiger partial charge is 0.240 e. The van der Waals surface area contributed by atoms with Crippen molar-refractivity contribution in [1.29, 1.82) is 0 Å². The van der Waals surface area contributed by atoms with Gasteiger partial charge in [-0.1, -0.05) is 6.07 Å². The van der Waals surface area contributed by atoms with Gasteiger partial charge >= 0.3 is 0 Å². The number of sulfonamides is 1. The third-order valence-electron chi connectivity index (χ3n) is 3.10. The first-order valence-corrected chi connectivity index (χ1v) is 8.53. The van der Waals surface area contributed by atoms with Crippen LogP contribution >= 0.6 is 11.3 Å². The van der Waals surface area contributed by atoms with Crippen LogP contribution < -0.4 is 16.2 Å². The second-order valence-electron chi connectivity index (χ2n) is 4.56. The van der Waals surface area contributed by atoms with E-state index in [1.165, 1.54) is 10.8 Å². The second-order valence-corrected chi connectivity index (χ2v) is 7.04. The minimum atomic E-state index is -3.84. The summed E-state index contributed by atoms with van der Waals surface area (Å²) in [6.07, 6.45) is 0. The molecule has 2 aromatic carbocycles. The standard InChI is InChI=1S/C14H13N3O2S2/c15-14-11(2-1-3-13(14)21(16,18)19)17-10-4-5-12-9(8-10)6-7-20-12/h1-8,17H,15H2,(H2,16,18,19). The average molecular weight is 319 g/mol. The molecule has 0 saturated heterocycles. The van der Waals surface area contributed by atoms with Crippen LogP contribution in [0.5, 0.6) is 0 Å². The first-order chi connectivity index (χ1) is 9.95. The van der Waals surface area contributed by atoms with Crippen LogP contribution in [0.1, 0.15) is 0 Å². The number of nitrogens with two attached hydrogens (primary N) is 2. The minimum absolute atomic E-state index is 0.0795. The monoisotopic (exact) mass is 319 g/mol. The van der Waals surface area contributed by atoms with Gasteiger partial charge in [0.05, 0.1) is 11.4 Å². The predicted octanol–water partition coefficient (Wildman–Crippen LogP) is 2.87. The van der Waals surface area contributed by atoms with E-state index in [-0.39, 0.29) is 10.6 Å². The molecule has 5 N–H and O–H groups in total. The van der Waals surface area contributed by atoms with Gasteiger partial charge < -0.3 is 11.1 Å². The molecule has 1 heterocycles. The maximum Gasteiger partial charge on any atom is 0.240 e. The summed E-state index contributed by atoms with van der Waals surface area (Å²) in [7, 11) is -3.84. The number of rotatable bonds is 3. The third kappa shape index (κ3) is 2.71. The van der Waals surface area contributed by atoms with Crippen molar-refractivity contribution in [2.24, 2.45) is 5.14 Å². The van der Waals surface area contributed by atoms with Gasteiger partial charge in [-0.2, -0.15) is 0 Å². The highest BCUT2D eigenvalue weighted by Crippen LogP contribution is 2.30. The molecule has 3 rings (SSSR count). The first kappa shape index (κ1) is 13.9. The molecule has 0 fully saturated rings. The summed E-state index contributed by atoms with van der Waals surface area (Å²) >= 11 is 1.66. The van der Waals surface area contributed by atoms with E-state index in [0.717, 1.165) is 11.1 Å². The lowest BCUT2D eigenvalue weighted by Gasteiger charge is -2.12. The summed E-state index contributed by atoms with van der Waals surface area (Å²) in [6, 6.07) is 12.6. The van der Waals surface area contributed by atoms with Gasteiger partial charge in [0.15, 0.2) is 0 Å². The highest BCUT2D eigenvalue weighted by Gasteiger charge is 2.14. The Morgan fingerprint density at radius 1 is 1.10 bits per heavy atom. The van der Waals surface area contributed by atoms with E-state index in [1.54, 1.807) is 23.5 Å². The second kappa shape index (κ2) is 5.03. The van der Waals surface area contributed by atoms with E-state index in [0.29, 0.717) is 5.69 Å². The molecule has 0 spiro atoms.